The van der Waals surface area contributed by atoms with Crippen LogP contribution >= 0.6 is 0 Å². The number of hydrogen-bond donors (Lipinski definition) is 4. The van der Waals surface area contributed by atoms with Crippen LogP contribution in [0.25, 0.3) is 0 Å². The lowest BCUT2D eigenvalue weighted by atomic mass is 10.4. The predicted molar refractivity (Wildman–Crippen MR) is 51.8 cm³/mol. The van der Waals surface area contributed by atoms with Gasteiger partial charge in [-0.3, -0.25) is 15.2 Å². The molecule has 0 atom stereocenters. The highest BCUT2D eigenvalue weighted by molar-refractivity contribution is 5.68. The molecule has 0 unspecified atom stereocenters. The zero-order chi connectivity index (χ0) is 10.6. The molecule has 1 aromatic heterocycles. The van der Waals surface area contributed by atoms with Gasteiger partial charge in [0.05, 0.1) is 4.92 Å². The molecule has 0 fully saturated rings. The van der Waals surface area contributed by atoms with Crippen molar-refractivity contribution in [3.05, 3.63) is 10.1 Å². The van der Waals surface area contributed by atoms with Crippen molar-refractivity contribution >= 4 is 17.3 Å². The smallest absolute Gasteiger partial charge is 0.354 e. The molecule has 0 aliphatic heterocycles. The largest absolute Gasteiger partial charge is 0.378 e. The molecular weight excluding hydrogens is 188 g/mol. The number of aromatic nitrogens is 2. The topological polar surface area (TPSA) is 136 Å². The fourth-order valence-corrected chi connectivity index (χ4v) is 0.967. The molecule has 0 spiro atoms. The minimum atomic E-state index is -0.580. The zero-order valence-corrected chi connectivity index (χ0v) is 7.49. The molecule has 1 aromatic rings. The fourth-order valence-electron chi connectivity index (χ4n) is 0.967. The van der Waals surface area contributed by atoms with Crippen LogP contribution in [0.1, 0.15) is 6.42 Å². The molecule has 0 aliphatic rings. The first kappa shape index (κ1) is 10.3. The van der Waals surface area contributed by atoms with Crippen molar-refractivity contribution in [2.45, 2.75) is 6.42 Å². The SMILES string of the molecule is NCCCNc1n[nH]c(N)c1[N+](=O)[O-]. The molecule has 8 nitrogen and oxygen atoms in total. The van der Waals surface area contributed by atoms with Crippen molar-refractivity contribution in [2.75, 3.05) is 24.1 Å². The van der Waals surface area contributed by atoms with E-state index < -0.39 is 4.92 Å². The van der Waals surface area contributed by atoms with Crippen LogP contribution in [0.5, 0.6) is 0 Å². The van der Waals surface area contributed by atoms with Crippen LogP contribution in [0.3, 0.4) is 0 Å². The van der Waals surface area contributed by atoms with Crippen LogP contribution < -0.4 is 16.8 Å². The van der Waals surface area contributed by atoms with Gasteiger partial charge in [0, 0.05) is 6.54 Å². The molecule has 0 aliphatic carbocycles. The molecule has 0 bridgehead atoms. The Balaban J connectivity index is 2.71. The lowest BCUT2D eigenvalue weighted by Gasteiger charge is -1.99. The maximum absolute atomic E-state index is 10.5. The first-order chi connectivity index (χ1) is 6.66. The second-order valence-corrected chi connectivity index (χ2v) is 2.66. The summed E-state index contributed by atoms with van der Waals surface area (Å²) < 4.78 is 0. The van der Waals surface area contributed by atoms with E-state index in [4.69, 9.17) is 11.5 Å². The van der Waals surface area contributed by atoms with E-state index in [9.17, 15) is 10.1 Å². The number of nitrogens with one attached hydrogen (secondary N) is 2. The molecule has 6 N–H and O–H groups in total. The summed E-state index contributed by atoms with van der Waals surface area (Å²) in [7, 11) is 0. The lowest BCUT2D eigenvalue weighted by molar-refractivity contribution is -0.383. The molecule has 0 saturated carbocycles. The maximum atomic E-state index is 10.5. The Bertz CT molecular complexity index is 322. The quantitative estimate of drug-likeness (QED) is 0.291. The van der Waals surface area contributed by atoms with Gasteiger partial charge >= 0.3 is 5.69 Å². The van der Waals surface area contributed by atoms with Crippen molar-refractivity contribution in [3.63, 3.8) is 0 Å². The molecule has 1 rings (SSSR count). The zero-order valence-electron chi connectivity index (χ0n) is 7.49. The van der Waals surface area contributed by atoms with E-state index in [1.807, 2.05) is 0 Å². The van der Waals surface area contributed by atoms with Gasteiger partial charge in [0.15, 0.2) is 0 Å². The van der Waals surface area contributed by atoms with Crippen molar-refractivity contribution in [2.24, 2.45) is 5.73 Å². The third kappa shape index (κ3) is 2.10. The summed E-state index contributed by atoms with van der Waals surface area (Å²) in [6.07, 6.45) is 0.712. The maximum Gasteiger partial charge on any atom is 0.354 e. The normalized spacial score (nSPS) is 10.1. The Morgan fingerprint density at radius 3 is 2.93 bits per heavy atom. The summed E-state index contributed by atoms with van der Waals surface area (Å²) >= 11 is 0. The number of nitrogens with zero attached hydrogens (tertiary/aromatic N) is 2. The molecule has 78 valence electrons. The van der Waals surface area contributed by atoms with Gasteiger partial charge in [-0.05, 0) is 13.0 Å². The number of aromatic amines is 1. The summed E-state index contributed by atoms with van der Waals surface area (Å²) in [5.74, 6) is 0.103. The first-order valence-electron chi connectivity index (χ1n) is 4.09. The fraction of sp³-hybridized carbons (Fsp3) is 0.500. The van der Waals surface area contributed by atoms with Gasteiger partial charge < -0.3 is 16.8 Å². The third-order valence-corrected chi connectivity index (χ3v) is 1.62. The molecule has 0 aromatic carbocycles. The van der Waals surface area contributed by atoms with E-state index in [0.29, 0.717) is 19.5 Å². The number of hydrogen-bond acceptors (Lipinski definition) is 6. The van der Waals surface area contributed by atoms with E-state index in [1.54, 1.807) is 0 Å². The van der Waals surface area contributed by atoms with Gasteiger partial charge in [-0.2, -0.15) is 0 Å². The summed E-state index contributed by atoms with van der Waals surface area (Å²) in [5, 5.41) is 19.3. The van der Waals surface area contributed by atoms with Gasteiger partial charge in [-0.15, -0.1) is 5.10 Å². The second kappa shape index (κ2) is 4.42. The van der Waals surface area contributed by atoms with Crippen molar-refractivity contribution in [1.29, 1.82) is 0 Å². The summed E-state index contributed by atoms with van der Waals surface area (Å²) in [4.78, 5) is 9.96. The monoisotopic (exact) mass is 200 g/mol. The molecule has 0 amide bonds. The highest BCUT2D eigenvalue weighted by Crippen LogP contribution is 2.27. The first-order valence-corrected chi connectivity index (χ1v) is 4.09. The van der Waals surface area contributed by atoms with Crippen molar-refractivity contribution < 1.29 is 4.92 Å². The van der Waals surface area contributed by atoms with E-state index in [1.165, 1.54) is 0 Å². The highest BCUT2D eigenvalue weighted by Gasteiger charge is 2.21. The number of nitrogen functional groups attached to an aromatic ring is 1. The van der Waals surface area contributed by atoms with Crippen LogP contribution in [0.4, 0.5) is 17.3 Å². The molecule has 0 saturated heterocycles. The molecule has 8 heteroatoms. The predicted octanol–water partition coefficient (Wildman–Crippen LogP) is -0.339. The molecule has 0 radical (unpaired) electrons. The number of anilines is 2. The van der Waals surface area contributed by atoms with Gasteiger partial charge in [0.25, 0.3) is 0 Å². The standard InChI is InChI=1S/C6H12N6O2/c7-2-1-3-9-6-4(12(13)14)5(8)10-11-6/h1-3,7H2,(H4,8,9,10,11). The number of rotatable bonds is 5. The summed E-state index contributed by atoms with van der Waals surface area (Å²) in [6, 6.07) is 0. The highest BCUT2D eigenvalue weighted by atomic mass is 16.6. The van der Waals surface area contributed by atoms with Gasteiger partial charge in [0.1, 0.15) is 0 Å². The van der Waals surface area contributed by atoms with E-state index in [-0.39, 0.29) is 17.3 Å². The average molecular weight is 200 g/mol. The van der Waals surface area contributed by atoms with E-state index in [0.717, 1.165) is 0 Å². The van der Waals surface area contributed by atoms with E-state index >= 15 is 0 Å². The van der Waals surface area contributed by atoms with Crippen molar-refractivity contribution in [3.8, 4) is 0 Å². The van der Waals surface area contributed by atoms with E-state index in [2.05, 4.69) is 15.5 Å². The Morgan fingerprint density at radius 1 is 1.64 bits per heavy atom. The summed E-state index contributed by atoms with van der Waals surface area (Å²) in [5.41, 5.74) is 10.4. The third-order valence-electron chi connectivity index (χ3n) is 1.62. The van der Waals surface area contributed by atoms with Gasteiger partial charge in [-0.1, -0.05) is 0 Å². The molecule has 14 heavy (non-hydrogen) atoms. The van der Waals surface area contributed by atoms with Crippen LogP contribution in [-0.2, 0) is 0 Å². The minimum absolute atomic E-state index is 0.0507. The molecular formula is C6H12N6O2. The molecule has 1 heterocycles. The number of nitro groups is 1. The van der Waals surface area contributed by atoms with Crippen molar-refractivity contribution in [1.82, 2.24) is 10.2 Å². The second-order valence-electron chi connectivity index (χ2n) is 2.66. The summed E-state index contributed by atoms with van der Waals surface area (Å²) in [6.45, 7) is 1.04. The Labute approximate surface area is 79.8 Å². The number of nitrogens with two attached hydrogens (primary N) is 2. The lowest BCUT2D eigenvalue weighted by Crippen LogP contribution is -2.09. The van der Waals surface area contributed by atoms with Crippen LogP contribution in [-0.4, -0.2) is 28.2 Å². The van der Waals surface area contributed by atoms with Gasteiger partial charge in [0.2, 0.25) is 11.6 Å². The average Bonchev–Trinajstić information content (AvgIpc) is 2.47. The Morgan fingerprint density at radius 2 is 2.36 bits per heavy atom. The minimum Gasteiger partial charge on any atom is -0.378 e. The number of H-pyrrole nitrogens is 1. The Hall–Kier alpha value is -1.83. The Kier molecular flexibility index (Phi) is 3.24. The van der Waals surface area contributed by atoms with Crippen LogP contribution in [0.15, 0.2) is 0 Å². The van der Waals surface area contributed by atoms with Crippen LogP contribution in [0, 0.1) is 10.1 Å². The van der Waals surface area contributed by atoms with Gasteiger partial charge in [-0.25, -0.2) is 0 Å². The van der Waals surface area contributed by atoms with Crippen LogP contribution in [0.2, 0.25) is 0 Å².